The normalized spacial score (nSPS) is 22.6. The van der Waals surface area contributed by atoms with Crippen molar-refractivity contribution >= 4 is 21.5 Å². The molecule has 0 spiro atoms. The van der Waals surface area contributed by atoms with Crippen LogP contribution in [0.5, 0.6) is 0 Å². The molecular weight excluding hydrogens is 308 g/mol. The maximum absolute atomic E-state index is 12.6. The predicted octanol–water partition coefficient (Wildman–Crippen LogP) is 1.98. The first kappa shape index (κ1) is 16.9. The summed E-state index contributed by atoms with van der Waals surface area (Å²) >= 11 is 1.57. The van der Waals surface area contributed by atoms with Gasteiger partial charge >= 0.3 is 0 Å². The van der Waals surface area contributed by atoms with Crippen molar-refractivity contribution in [1.29, 1.82) is 0 Å². The van der Waals surface area contributed by atoms with Crippen LogP contribution < -0.4 is 4.72 Å². The van der Waals surface area contributed by atoms with E-state index in [-0.39, 0.29) is 24.5 Å². The fourth-order valence-electron chi connectivity index (χ4n) is 2.62. The largest absolute Gasteiger partial charge is 0.396 e. The summed E-state index contributed by atoms with van der Waals surface area (Å²) in [4.78, 5) is 1.03. The lowest BCUT2D eigenvalue weighted by Crippen LogP contribution is -2.48. The summed E-state index contributed by atoms with van der Waals surface area (Å²) in [6.45, 7) is 5.01. The van der Waals surface area contributed by atoms with Crippen molar-refractivity contribution in [3.8, 4) is 0 Å². The first-order valence-electron chi connectivity index (χ1n) is 7.35. The van der Waals surface area contributed by atoms with Gasteiger partial charge in [0.25, 0.3) is 10.2 Å². The third-order valence-corrected chi connectivity index (χ3v) is 6.39. The summed E-state index contributed by atoms with van der Waals surface area (Å²) in [5.41, 5.74) is 0. The Hall–Kier alpha value is -0.470. The summed E-state index contributed by atoms with van der Waals surface area (Å²) in [5.74, 6) is 0.228. The van der Waals surface area contributed by atoms with Gasteiger partial charge in [-0.3, -0.25) is 0 Å². The van der Waals surface area contributed by atoms with Crippen molar-refractivity contribution in [3.05, 3.63) is 22.4 Å². The SMILES string of the molecule is CC(C)C(NS(=O)(=O)N1CCCC(CO)C1)c1cccs1. The number of piperidine rings is 1. The molecule has 120 valence electrons. The molecule has 0 amide bonds. The molecular formula is C14H24N2O3S2. The molecule has 0 radical (unpaired) electrons. The molecule has 0 aromatic carbocycles. The van der Waals surface area contributed by atoms with E-state index in [1.165, 1.54) is 4.31 Å². The lowest BCUT2D eigenvalue weighted by Gasteiger charge is -2.33. The Morgan fingerprint density at radius 1 is 1.52 bits per heavy atom. The van der Waals surface area contributed by atoms with Crippen molar-refractivity contribution < 1.29 is 13.5 Å². The fourth-order valence-corrected chi connectivity index (χ4v) is 5.29. The van der Waals surface area contributed by atoms with Crippen molar-refractivity contribution in [2.24, 2.45) is 11.8 Å². The summed E-state index contributed by atoms with van der Waals surface area (Å²) in [5, 5.41) is 11.2. The number of aliphatic hydroxyl groups excluding tert-OH is 1. The lowest BCUT2D eigenvalue weighted by molar-refractivity contribution is 0.164. The lowest BCUT2D eigenvalue weighted by atomic mass is 10.0. The Morgan fingerprint density at radius 3 is 2.86 bits per heavy atom. The number of hydrogen-bond donors (Lipinski definition) is 2. The van der Waals surface area contributed by atoms with Crippen molar-refractivity contribution in [1.82, 2.24) is 9.03 Å². The number of thiophene rings is 1. The van der Waals surface area contributed by atoms with E-state index in [4.69, 9.17) is 0 Å². The minimum absolute atomic E-state index is 0.0462. The van der Waals surface area contributed by atoms with Gasteiger partial charge in [0.1, 0.15) is 0 Å². The number of aliphatic hydroxyl groups is 1. The van der Waals surface area contributed by atoms with Gasteiger partial charge in [0, 0.05) is 24.6 Å². The van der Waals surface area contributed by atoms with Crippen LogP contribution in [0, 0.1) is 11.8 Å². The van der Waals surface area contributed by atoms with Crippen LogP contribution in [0.15, 0.2) is 17.5 Å². The van der Waals surface area contributed by atoms with Gasteiger partial charge in [0.05, 0.1) is 6.04 Å². The van der Waals surface area contributed by atoms with Crippen molar-refractivity contribution in [2.75, 3.05) is 19.7 Å². The molecule has 5 nitrogen and oxygen atoms in total. The zero-order valence-electron chi connectivity index (χ0n) is 12.5. The summed E-state index contributed by atoms with van der Waals surface area (Å²) in [6, 6.07) is 3.70. The van der Waals surface area contributed by atoms with Gasteiger partial charge in [0.15, 0.2) is 0 Å². The van der Waals surface area contributed by atoms with Crippen LogP contribution in [0.3, 0.4) is 0 Å². The minimum atomic E-state index is -3.52. The quantitative estimate of drug-likeness (QED) is 0.837. The molecule has 2 N–H and O–H groups in total. The average Bonchev–Trinajstić information content (AvgIpc) is 2.98. The molecule has 21 heavy (non-hydrogen) atoms. The van der Waals surface area contributed by atoms with Crippen LogP contribution in [0.1, 0.15) is 37.6 Å². The van der Waals surface area contributed by atoms with E-state index in [0.717, 1.165) is 17.7 Å². The highest BCUT2D eigenvalue weighted by atomic mass is 32.2. The number of rotatable bonds is 6. The summed E-state index contributed by atoms with van der Waals surface area (Å²) < 4.78 is 29.5. The van der Waals surface area contributed by atoms with Crippen LogP contribution in [-0.4, -0.2) is 37.5 Å². The average molecular weight is 332 g/mol. The molecule has 2 unspecified atom stereocenters. The van der Waals surface area contributed by atoms with Gasteiger partial charge < -0.3 is 5.11 Å². The molecule has 0 aliphatic carbocycles. The zero-order chi connectivity index (χ0) is 15.5. The molecule has 2 atom stereocenters. The highest BCUT2D eigenvalue weighted by Crippen LogP contribution is 2.28. The second-order valence-corrected chi connectivity index (χ2v) is 8.59. The van der Waals surface area contributed by atoms with Crippen LogP contribution in [0.2, 0.25) is 0 Å². The Balaban J connectivity index is 2.11. The molecule has 1 aliphatic rings. The second-order valence-electron chi connectivity index (χ2n) is 5.91. The third kappa shape index (κ3) is 4.26. The van der Waals surface area contributed by atoms with E-state index >= 15 is 0 Å². The Kier molecular flexibility index (Phi) is 5.79. The fraction of sp³-hybridized carbons (Fsp3) is 0.714. The molecule has 1 fully saturated rings. The maximum Gasteiger partial charge on any atom is 0.280 e. The van der Waals surface area contributed by atoms with E-state index in [2.05, 4.69) is 4.72 Å². The van der Waals surface area contributed by atoms with Crippen LogP contribution >= 0.6 is 11.3 Å². The topological polar surface area (TPSA) is 69.6 Å². The van der Waals surface area contributed by atoms with Gasteiger partial charge in [-0.2, -0.15) is 17.4 Å². The van der Waals surface area contributed by atoms with E-state index < -0.39 is 10.2 Å². The van der Waals surface area contributed by atoms with Crippen LogP contribution in [0.4, 0.5) is 0 Å². The molecule has 7 heteroatoms. The first-order chi connectivity index (χ1) is 9.94. The minimum Gasteiger partial charge on any atom is -0.396 e. The van der Waals surface area contributed by atoms with Gasteiger partial charge in [0.2, 0.25) is 0 Å². The number of hydrogen-bond acceptors (Lipinski definition) is 4. The van der Waals surface area contributed by atoms with Crippen molar-refractivity contribution in [3.63, 3.8) is 0 Å². The van der Waals surface area contributed by atoms with Crippen molar-refractivity contribution in [2.45, 2.75) is 32.7 Å². The molecule has 2 rings (SSSR count). The Labute approximate surface area is 131 Å². The molecule has 1 aliphatic heterocycles. The van der Waals surface area contributed by atoms with Gasteiger partial charge in [-0.25, -0.2) is 0 Å². The Bertz CT molecular complexity index is 528. The smallest absolute Gasteiger partial charge is 0.280 e. The molecule has 0 saturated carbocycles. The first-order valence-corrected chi connectivity index (χ1v) is 9.67. The van der Waals surface area contributed by atoms with E-state index in [0.29, 0.717) is 13.1 Å². The maximum atomic E-state index is 12.6. The van der Waals surface area contributed by atoms with Gasteiger partial charge in [-0.15, -0.1) is 11.3 Å². The predicted molar refractivity (Wildman–Crippen MR) is 85.3 cm³/mol. The number of nitrogens with one attached hydrogen (secondary N) is 1. The van der Waals surface area contributed by atoms with Gasteiger partial charge in [-0.1, -0.05) is 19.9 Å². The summed E-state index contributed by atoms with van der Waals surface area (Å²) in [7, 11) is -3.52. The highest BCUT2D eigenvalue weighted by molar-refractivity contribution is 7.87. The molecule has 0 bridgehead atoms. The van der Waals surface area contributed by atoms with Crippen LogP contribution in [-0.2, 0) is 10.2 Å². The Morgan fingerprint density at radius 2 is 2.29 bits per heavy atom. The van der Waals surface area contributed by atoms with Crippen LogP contribution in [0.25, 0.3) is 0 Å². The second kappa shape index (κ2) is 7.19. The van der Waals surface area contributed by atoms with Gasteiger partial charge in [-0.05, 0) is 36.1 Å². The number of nitrogens with zero attached hydrogens (tertiary/aromatic N) is 1. The zero-order valence-corrected chi connectivity index (χ0v) is 14.2. The van der Waals surface area contributed by atoms with E-state index in [1.807, 2.05) is 31.4 Å². The summed E-state index contributed by atoms with van der Waals surface area (Å²) in [6.07, 6.45) is 1.69. The highest BCUT2D eigenvalue weighted by Gasteiger charge is 2.31. The standard InChI is InChI=1S/C14H24N2O3S2/c1-11(2)14(13-6-4-8-20-13)15-21(18,19)16-7-3-5-12(9-16)10-17/h4,6,8,11-12,14-15,17H,3,5,7,9-10H2,1-2H3. The third-order valence-electron chi connectivity index (χ3n) is 3.87. The van der Waals surface area contributed by atoms with E-state index in [1.54, 1.807) is 11.3 Å². The molecule has 1 aromatic heterocycles. The molecule has 1 saturated heterocycles. The molecule has 2 heterocycles. The van der Waals surface area contributed by atoms with E-state index in [9.17, 15) is 13.5 Å². The monoisotopic (exact) mass is 332 g/mol. The molecule has 1 aromatic rings.